The number of likely N-dealkylation sites (N-methyl/N-ethyl adjacent to an activating group) is 1. The molecule has 1 aromatic rings. The van der Waals surface area contributed by atoms with Crippen molar-refractivity contribution >= 4 is 15.9 Å². The van der Waals surface area contributed by atoms with Gasteiger partial charge in [-0.15, -0.1) is 0 Å². The topological polar surface area (TPSA) is 12.0 Å². The molecule has 16 heavy (non-hydrogen) atoms. The van der Waals surface area contributed by atoms with Gasteiger partial charge < -0.3 is 5.32 Å². The second kappa shape index (κ2) is 5.83. The number of hydrogen-bond acceptors (Lipinski definition) is 1. The quantitative estimate of drug-likeness (QED) is 0.837. The average Bonchev–Trinajstić information content (AvgIpc) is 3.06. The molecule has 1 aliphatic rings. The molecule has 2 heteroatoms. The van der Waals surface area contributed by atoms with Crippen LogP contribution in [0.5, 0.6) is 0 Å². The van der Waals surface area contributed by atoms with Gasteiger partial charge in [0.05, 0.1) is 0 Å². The maximum atomic E-state index is 3.61. The largest absolute Gasteiger partial charge is 0.314 e. The second-order valence-corrected chi connectivity index (χ2v) is 5.68. The summed E-state index contributed by atoms with van der Waals surface area (Å²) in [6.45, 7) is 3.27. The molecular weight excluding hydrogens is 262 g/mol. The van der Waals surface area contributed by atoms with Crippen LogP contribution in [-0.2, 0) is 6.42 Å². The first kappa shape index (κ1) is 12.1. The molecule has 0 aliphatic heterocycles. The molecule has 88 valence electrons. The van der Waals surface area contributed by atoms with E-state index in [9.17, 15) is 0 Å². The molecule has 0 amide bonds. The van der Waals surface area contributed by atoms with E-state index in [4.69, 9.17) is 0 Å². The molecule has 0 radical (unpaired) electrons. The van der Waals surface area contributed by atoms with Gasteiger partial charge in [0.2, 0.25) is 0 Å². The number of rotatable bonds is 6. The van der Waals surface area contributed by atoms with E-state index < -0.39 is 0 Å². The monoisotopic (exact) mass is 281 g/mol. The Bertz CT molecular complexity index is 316. The zero-order chi connectivity index (χ0) is 11.4. The van der Waals surface area contributed by atoms with Crippen molar-refractivity contribution in [3.63, 3.8) is 0 Å². The maximum absolute atomic E-state index is 3.61. The minimum Gasteiger partial charge on any atom is -0.314 e. The van der Waals surface area contributed by atoms with Crippen LogP contribution in [0.2, 0.25) is 0 Å². The van der Waals surface area contributed by atoms with Gasteiger partial charge in [-0.2, -0.15) is 0 Å². The number of hydrogen-bond donors (Lipinski definition) is 1. The van der Waals surface area contributed by atoms with Crippen LogP contribution in [0.15, 0.2) is 28.7 Å². The molecule has 0 spiro atoms. The van der Waals surface area contributed by atoms with Crippen molar-refractivity contribution in [2.75, 3.05) is 6.54 Å². The molecule has 1 aromatic carbocycles. The predicted octanol–water partition coefficient (Wildman–Crippen LogP) is 3.77. The van der Waals surface area contributed by atoms with E-state index in [1.807, 2.05) is 0 Å². The number of benzene rings is 1. The number of halogens is 1. The third kappa shape index (κ3) is 3.91. The second-order valence-electron chi connectivity index (χ2n) is 4.76. The van der Waals surface area contributed by atoms with E-state index in [1.54, 1.807) is 0 Å². The summed E-state index contributed by atoms with van der Waals surface area (Å²) in [5.41, 5.74) is 1.44. The highest BCUT2D eigenvalue weighted by atomic mass is 79.9. The first-order valence-electron chi connectivity index (χ1n) is 6.25. The third-order valence-corrected chi connectivity index (χ3v) is 3.73. The van der Waals surface area contributed by atoms with Crippen molar-refractivity contribution in [2.45, 2.75) is 38.6 Å². The first-order valence-corrected chi connectivity index (χ1v) is 7.05. The summed E-state index contributed by atoms with van der Waals surface area (Å²) < 4.78 is 1.17. The standard InChI is InChI=1S/C14H20BrN/c1-2-16-14(9-11-3-4-11)10-12-5-7-13(15)8-6-12/h5-8,11,14,16H,2-4,9-10H2,1H3. The van der Waals surface area contributed by atoms with Crippen molar-refractivity contribution in [3.8, 4) is 0 Å². The molecule has 0 bridgehead atoms. The number of nitrogens with one attached hydrogen (secondary N) is 1. The Morgan fingerprint density at radius 2 is 2.00 bits per heavy atom. The van der Waals surface area contributed by atoms with Gasteiger partial charge in [0.25, 0.3) is 0 Å². The Hall–Kier alpha value is -0.340. The lowest BCUT2D eigenvalue weighted by Gasteiger charge is -2.17. The first-order chi connectivity index (χ1) is 7.78. The Kier molecular flexibility index (Phi) is 4.42. The van der Waals surface area contributed by atoms with Crippen molar-refractivity contribution in [1.82, 2.24) is 5.32 Å². The van der Waals surface area contributed by atoms with Crippen molar-refractivity contribution in [3.05, 3.63) is 34.3 Å². The van der Waals surface area contributed by atoms with Gasteiger partial charge >= 0.3 is 0 Å². The molecular formula is C14H20BrN. The summed E-state index contributed by atoms with van der Waals surface area (Å²) >= 11 is 3.48. The fourth-order valence-corrected chi connectivity index (χ4v) is 2.45. The predicted molar refractivity (Wildman–Crippen MR) is 72.7 cm³/mol. The molecule has 1 N–H and O–H groups in total. The molecule has 0 heterocycles. The molecule has 1 atom stereocenters. The molecule has 1 saturated carbocycles. The van der Waals surface area contributed by atoms with Gasteiger partial charge in [-0.25, -0.2) is 0 Å². The van der Waals surface area contributed by atoms with Crippen molar-refractivity contribution in [1.29, 1.82) is 0 Å². The van der Waals surface area contributed by atoms with Crippen LogP contribution in [-0.4, -0.2) is 12.6 Å². The Morgan fingerprint density at radius 1 is 1.31 bits per heavy atom. The Labute approximate surface area is 107 Å². The molecule has 0 saturated heterocycles. The van der Waals surface area contributed by atoms with Gasteiger partial charge in [-0.1, -0.05) is 47.8 Å². The molecule has 1 unspecified atom stereocenters. The van der Waals surface area contributed by atoms with Crippen LogP contribution in [0, 0.1) is 5.92 Å². The highest BCUT2D eigenvalue weighted by Gasteiger charge is 2.25. The maximum Gasteiger partial charge on any atom is 0.0175 e. The molecule has 2 rings (SSSR count). The van der Waals surface area contributed by atoms with Crippen LogP contribution in [0.1, 0.15) is 31.7 Å². The third-order valence-electron chi connectivity index (χ3n) is 3.20. The summed E-state index contributed by atoms with van der Waals surface area (Å²) in [7, 11) is 0. The molecule has 0 aromatic heterocycles. The Morgan fingerprint density at radius 3 is 2.56 bits per heavy atom. The summed E-state index contributed by atoms with van der Waals surface area (Å²) in [4.78, 5) is 0. The minimum absolute atomic E-state index is 0.665. The molecule has 1 aliphatic carbocycles. The van der Waals surface area contributed by atoms with E-state index in [0.29, 0.717) is 6.04 Å². The van der Waals surface area contributed by atoms with Gasteiger partial charge in [0.1, 0.15) is 0 Å². The van der Waals surface area contributed by atoms with E-state index in [0.717, 1.165) is 18.9 Å². The van der Waals surface area contributed by atoms with Gasteiger partial charge in [-0.05, 0) is 43.0 Å². The van der Waals surface area contributed by atoms with Gasteiger partial charge in [0, 0.05) is 10.5 Å². The van der Waals surface area contributed by atoms with E-state index in [-0.39, 0.29) is 0 Å². The highest BCUT2D eigenvalue weighted by molar-refractivity contribution is 9.10. The summed E-state index contributed by atoms with van der Waals surface area (Å²) in [5.74, 6) is 1.000. The van der Waals surface area contributed by atoms with Crippen LogP contribution in [0.3, 0.4) is 0 Å². The zero-order valence-corrected chi connectivity index (χ0v) is 11.5. The fourth-order valence-electron chi connectivity index (χ4n) is 2.19. The lowest BCUT2D eigenvalue weighted by molar-refractivity contribution is 0.466. The van der Waals surface area contributed by atoms with E-state index in [1.165, 1.54) is 29.3 Å². The molecule has 1 fully saturated rings. The highest BCUT2D eigenvalue weighted by Crippen LogP contribution is 2.34. The van der Waals surface area contributed by atoms with Crippen LogP contribution in [0.25, 0.3) is 0 Å². The van der Waals surface area contributed by atoms with Gasteiger partial charge in [0.15, 0.2) is 0 Å². The van der Waals surface area contributed by atoms with Crippen LogP contribution in [0.4, 0.5) is 0 Å². The lowest BCUT2D eigenvalue weighted by Crippen LogP contribution is -2.31. The molecule has 1 nitrogen and oxygen atoms in total. The van der Waals surface area contributed by atoms with Gasteiger partial charge in [-0.3, -0.25) is 0 Å². The van der Waals surface area contributed by atoms with E-state index >= 15 is 0 Å². The lowest BCUT2D eigenvalue weighted by atomic mass is 10.0. The normalized spacial score (nSPS) is 17.4. The smallest absolute Gasteiger partial charge is 0.0175 e. The van der Waals surface area contributed by atoms with Crippen molar-refractivity contribution < 1.29 is 0 Å². The average molecular weight is 282 g/mol. The van der Waals surface area contributed by atoms with E-state index in [2.05, 4.69) is 52.4 Å². The SMILES string of the molecule is CCNC(Cc1ccc(Br)cc1)CC1CC1. The van der Waals surface area contributed by atoms with Crippen LogP contribution < -0.4 is 5.32 Å². The zero-order valence-electron chi connectivity index (χ0n) is 9.88. The summed E-state index contributed by atoms with van der Waals surface area (Å²) in [6, 6.07) is 9.38. The minimum atomic E-state index is 0.665. The Balaban J connectivity index is 1.90. The summed E-state index contributed by atoms with van der Waals surface area (Å²) in [6.07, 6.45) is 5.41. The summed E-state index contributed by atoms with van der Waals surface area (Å²) in [5, 5.41) is 3.61. The van der Waals surface area contributed by atoms with Crippen LogP contribution >= 0.6 is 15.9 Å². The van der Waals surface area contributed by atoms with Crippen molar-refractivity contribution in [2.24, 2.45) is 5.92 Å². The fraction of sp³-hybridized carbons (Fsp3) is 0.571.